The van der Waals surface area contributed by atoms with E-state index in [2.05, 4.69) is 18.3 Å². The molecule has 2 N–H and O–H groups in total. The summed E-state index contributed by atoms with van der Waals surface area (Å²) in [6, 6.07) is 0.154. The molecule has 1 aliphatic carbocycles. The van der Waals surface area contributed by atoms with E-state index in [0.717, 1.165) is 13.0 Å². The SMILES string of the molecule is CCCCNC1CC=CC=C1O. The maximum absolute atomic E-state index is 9.42. The molecule has 0 spiro atoms. The Bertz CT molecular complexity index is 184. The van der Waals surface area contributed by atoms with Crippen molar-refractivity contribution < 1.29 is 5.11 Å². The third-order valence-electron chi connectivity index (χ3n) is 2.05. The monoisotopic (exact) mass is 167 g/mol. The van der Waals surface area contributed by atoms with Gasteiger partial charge in [0.1, 0.15) is 5.76 Å². The standard InChI is InChI=1S/C10H17NO/c1-2-3-8-11-9-6-4-5-7-10(9)12/h4-5,7,9,11-12H,2-3,6,8H2,1H3. The van der Waals surface area contributed by atoms with Crippen molar-refractivity contribution in [2.24, 2.45) is 0 Å². The highest BCUT2D eigenvalue weighted by molar-refractivity contribution is 5.18. The van der Waals surface area contributed by atoms with E-state index in [1.165, 1.54) is 12.8 Å². The molecule has 0 heterocycles. The molecular weight excluding hydrogens is 150 g/mol. The Hall–Kier alpha value is -0.760. The lowest BCUT2D eigenvalue weighted by molar-refractivity contribution is 0.336. The van der Waals surface area contributed by atoms with Gasteiger partial charge in [-0.2, -0.15) is 0 Å². The number of unbranched alkanes of at least 4 members (excludes halogenated alkanes) is 1. The van der Waals surface area contributed by atoms with E-state index in [-0.39, 0.29) is 6.04 Å². The molecule has 0 fully saturated rings. The first-order valence-corrected chi connectivity index (χ1v) is 4.63. The molecule has 2 nitrogen and oxygen atoms in total. The van der Waals surface area contributed by atoms with Crippen LogP contribution in [0.5, 0.6) is 0 Å². The van der Waals surface area contributed by atoms with E-state index in [4.69, 9.17) is 0 Å². The number of rotatable bonds is 4. The topological polar surface area (TPSA) is 32.3 Å². The molecule has 0 saturated heterocycles. The molecule has 1 aliphatic rings. The molecule has 0 aliphatic heterocycles. The summed E-state index contributed by atoms with van der Waals surface area (Å²) in [5.74, 6) is 0.466. The maximum atomic E-state index is 9.42. The molecule has 0 saturated carbocycles. The van der Waals surface area contributed by atoms with Crippen molar-refractivity contribution in [1.29, 1.82) is 0 Å². The Kier molecular flexibility index (Phi) is 3.88. The first kappa shape index (κ1) is 9.33. The van der Waals surface area contributed by atoms with Crippen LogP contribution >= 0.6 is 0 Å². The number of aliphatic hydroxyl groups is 1. The van der Waals surface area contributed by atoms with Crippen LogP contribution in [0.4, 0.5) is 0 Å². The first-order valence-electron chi connectivity index (χ1n) is 4.63. The number of hydrogen-bond donors (Lipinski definition) is 2. The Labute approximate surface area is 74.0 Å². The number of nitrogens with one attached hydrogen (secondary N) is 1. The second-order valence-corrected chi connectivity index (χ2v) is 3.12. The third-order valence-corrected chi connectivity index (χ3v) is 2.05. The van der Waals surface area contributed by atoms with Crippen molar-refractivity contribution >= 4 is 0 Å². The van der Waals surface area contributed by atoms with Crippen LogP contribution in [0.2, 0.25) is 0 Å². The van der Waals surface area contributed by atoms with Crippen LogP contribution in [0.3, 0.4) is 0 Å². The smallest absolute Gasteiger partial charge is 0.109 e. The zero-order valence-corrected chi connectivity index (χ0v) is 7.59. The molecular formula is C10H17NO. The fourth-order valence-corrected chi connectivity index (χ4v) is 1.26. The van der Waals surface area contributed by atoms with Crippen LogP contribution in [-0.4, -0.2) is 17.7 Å². The van der Waals surface area contributed by atoms with E-state index in [1.807, 2.05) is 6.08 Å². The summed E-state index contributed by atoms with van der Waals surface area (Å²) in [5, 5.41) is 12.7. The van der Waals surface area contributed by atoms with Gasteiger partial charge in [0, 0.05) is 0 Å². The molecule has 0 aromatic heterocycles. The van der Waals surface area contributed by atoms with Gasteiger partial charge in [0.05, 0.1) is 6.04 Å². The van der Waals surface area contributed by atoms with E-state index in [9.17, 15) is 5.11 Å². The van der Waals surface area contributed by atoms with Crippen molar-refractivity contribution in [2.75, 3.05) is 6.54 Å². The van der Waals surface area contributed by atoms with Crippen LogP contribution in [0.1, 0.15) is 26.2 Å². The molecule has 12 heavy (non-hydrogen) atoms. The Morgan fingerprint density at radius 3 is 3.17 bits per heavy atom. The summed E-state index contributed by atoms with van der Waals surface area (Å²) in [6.45, 7) is 3.16. The molecule has 2 heteroatoms. The van der Waals surface area contributed by atoms with Crippen molar-refractivity contribution in [1.82, 2.24) is 5.32 Å². The maximum Gasteiger partial charge on any atom is 0.109 e. The highest BCUT2D eigenvalue weighted by Crippen LogP contribution is 2.09. The molecule has 68 valence electrons. The molecule has 0 radical (unpaired) electrons. The lowest BCUT2D eigenvalue weighted by Crippen LogP contribution is -2.32. The number of hydrogen-bond acceptors (Lipinski definition) is 2. The van der Waals surface area contributed by atoms with E-state index < -0.39 is 0 Å². The molecule has 1 unspecified atom stereocenters. The minimum atomic E-state index is 0.154. The Morgan fingerprint density at radius 1 is 1.67 bits per heavy atom. The minimum Gasteiger partial charge on any atom is -0.511 e. The van der Waals surface area contributed by atoms with Gasteiger partial charge in [0.25, 0.3) is 0 Å². The fraction of sp³-hybridized carbons (Fsp3) is 0.600. The number of allylic oxidation sites excluding steroid dienone is 2. The summed E-state index contributed by atoms with van der Waals surface area (Å²) in [6.07, 6.45) is 9.00. The molecule has 1 atom stereocenters. The summed E-state index contributed by atoms with van der Waals surface area (Å²) in [4.78, 5) is 0. The van der Waals surface area contributed by atoms with Gasteiger partial charge in [-0.05, 0) is 25.5 Å². The van der Waals surface area contributed by atoms with E-state index in [0.29, 0.717) is 5.76 Å². The normalized spacial score (nSPS) is 22.4. The zero-order chi connectivity index (χ0) is 8.81. The van der Waals surface area contributed by atoms with Gasteiger partial charge in [0.2, 0.25) is 0 Å². The zero-order valence-electron chi connectivity index (χ0n) is 7.59. The lowest BCUT2D eigenvalue weighted by Gasteiger charge is -2.18. The predicted octanol–water partition coefficient (Wildman–Crippen LogP) is 2.15. The van der Waals surface area contributed by atoms with Crippen LogP contribution in [0, 0.1) is 0 Å². The van der Waals surface area contributed by atoms with Crippen molar-refractivity contribution in [2.45, 2.75) is 32.2 Å². The van der Waals surface area contributed by atoms with Gasteiger partial charge in [-0.3, -0.25) is 0 Å². The molecule has 0 aromatic carbocycles. The van der Waals surface area contributed by atoms with Crippen LogP contribution < -0.4 is 5.32 Å². The van der Waals surface area contributed by atoms with E-state index >= 15 is 0 Å². The summed E-state index contributed by atoms with van der Waals surface area (Å²) in [5.41, 5.74) is 0. The van der Waals surface area contributed by atoms with Gasteiger partial charge in [0.15, 0.2) is 0 Å². The molecule has 0 bridgehead atoms. The second kappa shape index (κ2) is 4.99. The first-order chi connectivity index (χ1) is 5.84. The second-order valence-electron chi connectivity index (χ2n) is 3.12. The van der Waals surface area contributed by atoms with Crippen LogP contribution in [0.15, 0.2) is 24.0 Å². The largest absolute Gasteiger partial charge is 0.511 e. The van der Waals surface area contributed by atoms with Gasteiger partial charge >= 0.3 is 0 Å². The summed E-state index contributed by atoms with van der Waals surface area (Å²) < 4.78 is 0. The predicted molar refractivity (Wildman–Crippen MR) is 51.2 cm³/mol. The Morgan fingerprint density at radius 2 is 2.50 bits per heavy atom. The number of aliphatic hydroxyl groups excluding tert-OH is 1. The summed E-state index contributed by atoms with van der Waals surface area (Å²) >= 11 is 0. The van der Waals surface area contributed by atoms with Crippen molar-refractivity contribution in [3.63, 3.8) is 0 Å². The van der Waals surface area contributed by atoms with Crippen molar-refractivity contribution in [3.05, 3.63) is 24.0 Å². The van der Waals surface area contributed by atoms with Gasteiger partial charge < -0.3 is 10.4 Å². The van der Waals surface area contributed by atoms with Crippen LogP contribution in [0.25, 0.3) is 0 Å². The molecule has 0 amide bonds. The van der Waals surface area contributed by atoms with Gasteiger partial charge in [-0.1, -0.05) is 25.5 Å². The summed E-state index contributed by atoms with van der Waals surface area (Å²) in [7, 11) is 0. The quantitative estimate of drug-likeness (QED) is 0.629. The fourth-order valence-electron chi connectivity index (χ4n) is 1.26. The highest BCUT2D eigenvalue weighted by atomic mass is 16.3. The van der Waals surface area contributed by atoms with E-state index in [1.54, 1.807) is 6.08 Å². The highest BCUT2D eigenvalue weighted by Gasteiger charge is 2.11. The Balaban J connectivity index is 2.24. The van der Waals surface area contributed by atoms with Gasteiger partial charge in [-0.15, -0.1) is 0 Å². The van der Waals surface area contributed by atoms with Crippen molar-refractivity contribution in [3.8, 4) is 0 Å². The molecule has 0 aromatic rings. The lowest BCUT2D eigenvalue weighted by atomic mass is 10.1. The minimum absolute atomic E-state index is 0.154. The third kappa shape index (κ3) is 2.70. The molecule has 1 rings (SSSR count). The average molecular weight is 167 g/mol. The average Bonchev–Trinajstić information content (AvgIpc) is 2.09. The van der Waals surface area contributed by atoms with Crippen LogP contribution in [-0.2, 0) is 0 Å². The van der Waals surface area contributed by atoms with Gasteiger partial charge in [-0.25, -0.2) is 0 Å².